The Kier molecular flexibility index (Phi) is 4.91. The Bertz CT molecular complexity index is 435. The summed E-state index contributed by atoms with van der Waals surface area (Å²) < 4.78 is 6.45. The van der Waals surface area contributed by atoms with E-state index in [0.29, 0.717) is 0 Å². The summed E-state index contributed by atoms with van der Waals surface area (Å²) in [4.78, 5) is 0. The normalized spacial score (nSPS) is 27.9. The fourth-order valence-electron chi connectivity index (χ4n) is 2.98. The van der Waals surface area contributed by atoms with E-state index in [1.165, 1.54) is 24.8 Å². The Hall–Kier alpha value is -0.540. The number of rotatable bonds is 3. The minimum atomic E-state index is -0.0559. The fraction of sp³-hybridized carbons (Fsp3) is 0.625. The smallest absolute Gasteiger partial charge is 0.119 e. The summed E-state index contributed by atoms with van der Waals surface area (Å²) in [5, 5.41) is 0. The molecule has 1 fully saturated rings. The number of hydrogen-bond donors (Lipinski definition) is 1. The molecule has 1 aliphatic carbocycles. The number of hydrogen-bond acceptors (Lipinski definition) is 2. The van der Waals surface area contributed by atoms with Gasteiger partial charge in [-0.1, -0.05) is 35.7 Å². The zero-order valence-corrected chi connectivity index (χ0v) is 13.5. The van der Waals surface area contributed by atoms with Crippen molar-refractivity contribution in [1.29, 1.82) is 0 Å². The van der Waals surface area contributed by atoms with Gasteiger partial charge in [-0.15, -0.1) is 0 Å². The molecule has 0 heterocycles. The molecule has 2 unspecified atom stereocenters. The molecule has 1 saturated carbocycles. The van der Waals surface area contributed by atoms with Gasteiger partial charge in [0, 0.05) is 10.0 Å². The fourth-order valence-corrected chi connectivity index (χ4v) is 3.36. The quantitative estimate of drug-likeness (QED) is 0.841. The van der Waals surface area contributed by atoms with Crippen molar-refractivity contribution < 1.29 is 4.74 Å². The lowest BCUT2D eigenvalue weighted by Crippen LogP contribution is -2.41. The first-order valence-electron chi connectivity index (χ1n) is 7.14. The lowest BCUT2D eigenvalue weighted by atomic mass is 9.84. The molecule has 2 rings (SSSR count). The van der Waals surface area contributed by atoms with Crippen LogP contribution >= 0.6 is 15.9 Å². The molecule has 3 heteroatoms. The maximum atomic E-state index is 6.65. The Labute approximate surface area is 124 Å². The topological polar surface area (TPSA) is 35.2 Å². The van der Waals surface area contributed by atoms with Crippen molar-refractivity contribution in [3.05, 3.63) is 28.2 Å². The van der Waals surface area contributed by atoms with Gasteiger partial charge in [0.1, 0.15) is 5.75 Å². The minimum absolute atomic E-state index is 0.0559. The van der Waals surface area contributed by atoms with E-state index in [2.05, 4.69) is 35.0 Å². The molecule has 1 aromatic rings. The largest absolute Gasteiger partial charge is 0.497 e. The van der Waals surface area contributed by atoms with Gasteiger partial charge in [0.05, 0.1) is 7.11 Å². The van der Waals surface area contributed by atoms with Crippen LogP contribution in [0, 0.1) is 5.92 Å². The molecule has 1 aliphatic rings. The predicted octanol–water partition coefficient (Wildman–Crippen LogP) is 4.30. The van der Waals surface area contributed by atoms with Gasteiger partial charge in [0.2, 0.25) is 0 Å². The summed E-state index contributed by atoms with van der Waals surface area (Å²) in [5.41, 5.74) is 7.86. The van der Waals surface area contributed by atoms with E-state index >= 15 is 0 Å². The van der Waals surface area contributed by atoms with Gasteiger partial charge in [-0.05, 0) is 55.4 Å². The van der Waals surface area contributed by atoms with Gasteiger partial charge in [0.15, 0.2) is 0 Å². The Morgan fingerprint density at radius 3 is 2.89 bits per heavy atom. The van der Waals surface area contributed by atoms with Crippen molar-refractivity contribution in [2.75, 3.05) is 7.11 Å². The van der Waals surface area contributed by atoms with Crippen LogP contribution in [0.5, 0.6) is 5.75 Å². The second-order valence-electron chi connectivity index (χ2n) is 6.03. The molecule has 0 aliphatic heterocycles. The summed E-state index contributed by atoms with van der Waals surface area (Å²) in [7, 11) is 1.71. The van der Waals surface area contributed by atoms with Crippen molar-refractivity contribution in [2.24, 2.45) is 11.7 Å². The highest BCUT2D eigenvalue weighted by atomic mass is 79.9. The van der Waals surface area contributed by atoms with Crippen LogP contribution in [0.4, 0.5) is 0 Å². The highest BCUT2D eigenvalue weighted by molar-refractivity contribution is 9.10. The van der Waals surface area contributed by atoms with E-state index in [1.807, 2.05) is 6.07 Å². The summed E-state index contributed by atoms with van der Waals surface area (Å²) in [6.45, 7) is 2.34. The summed E-state index contributed by atoms with van der Waals surface area (Å²) >= 11 is 3.63. The third kappa shape index (κ3) is 3.96. The van der Waals surface area contributed by atoms with Crippen LogP contribution < -0.4 is 10.5 Å². The molecular weight excluding hydrogens is 302 g/mol. The standard InChI is InChI=1S/C16H24BrNO/c1-12-4-3-8-16(18,9-7-12)11-13-10-14(19-2)5-6-15(13)17/h5-6,10,12H,3-4,7-9,11,18H2,1-2H3. The van der Waals surface area contributed by atoms with Gasteiger partial charge >= 0.3 is 0 Å². The lowest BCUT2D eigenvalue weighted by Gasteiger charge is -2.29. The third-order valence-electron chi connectivity index (χ3n) is 4.30. The van der Waals surface area contributed by atoms with Gasteiger partial charge < -0.3 is 10.5 Å². The maximum absolute atomic E-state index is 6.65. The summed E-state index contributed by atoms with van der Waals surface area (Å²) in [6.07, 6.45) is 6.99. The van der Waals surface area contributed by atoms with E-state index in [9.17, 15) is 0 Å². The van der Waals surface area contributed by atoms with Gasteiger partial charge in [-0.3, -0.25) is 0 Å². The van der Waals surface area contributed by atoms with Crippen LogP contribution in [0.1, 0.15) is 44.6 Å². The van der Waals surface area contributed by atoms with Crippen molar-refractivity contribution in [2.45, 2.75) is 51.0 Å². The van der Waals surface area contributed by atoms with E-state index in [-0.39, 0.29) is 5.54 Å². The predicted molar refractivity (Wildman–Crippen MR) is 83.6 cm³/mol. The average molecular weight is 326 g/mol. The van der Waals surface area contributed by atoms with Gasteiger partial charge in [-0.2, -0.15) is 0 Å². The van der Waals surface area contributed by atoms with Gasteiger partial charge in [-0.25, -0.2) is 0 Å². The SMILES string of the molecule is COc1ccc(Br)c(CC2(N)CCCC(C)CC2)c1. The number of nitrogens with two attached hydrogens (primary N) is 1. The second kappa shape index (κ2) is 6.27. The van der Waals surface area contributed by atoms with Crippen molar-refractivity contribution in [3.8, 4) is 5.75 Å². The molecule has 0 bridgehead atoms. The van der Waals surface area contributed by atoms with Crippen LogP contribution in [-0.2, 0) is 6.42 Å². The molecule has 0 saturated heterocycles. The van der Waals surface area contributed by atoms with E-state index in [0.717, 1.165) is 35.4 Å². The van der Waals surface area contributed by atoms with Crippen LogP contribution in [-0.4, -0.2) is 12.6 Å². The number of methoxy groups -OCH3 is 1. The van der Waals surface area contributed by atoms with Crippen molar-refractivity contribution >= 4 is 15.9 Å². The molecule has 2 atom stereocenters. The molecule has 2 N–H and O–H groups in total. The second-order valence-corrected chi connectivity index (χ2v) is 6.89. The number of benzene rings is 1. The molecule has 0 aromatic heterocycles. The van der Waals surface area contributed by atoms with E-state index in [1.54, 1.807) is 7.11 Å². The van der Waals surface area contributed by atoms with E-state index in [4.69, 9.17) is 10.5 Å². The maximum Gasteiger partial charge on any atom is 0.119 e. The molecule has 0 radical (unpaired) electrons. The first kappa shape index (κ1) is 14.9. The third-order valence-corrected chi connectivity index (χ3v) is 5.08. The van der Waals surface area contributed by atoms with Crippen LogP contribution in [0.2, 0.25) is 0 Å². The first-order valence-corrected chi connectivity index (χ1v) is 7.93. The molecular formula is C16H24BrNO. The molecule has 0 spiro atoms. The zero-order chi connectivity index (χ0) is 13.9. The molecule has 1 aromatic carbocycles. The summed E-state index contributed by atoms with van der Waals surface area (Å²) in [6, 6.07) is 6.13. The molecule has 2 nitrogen and oxygen atoms in total. The molecule has 0 amide bonds. The van der Waals surface area contributed by atoms with Crippen molar-refractivity contribution in [1.82, 2.24) is 0 Å². The number of halogens is 1. The van der Waals surface area contributed by atoms with E-state index < -0.39 is 0 Å². The van der Waals surface area contributed by atoms with Crippen LogP contribution in [0.3, 0.4) is 0 Å². The minimum Gasteiger partial charge on any atom is -0.497 e. The van der Waals surface area contributed by atoms with Crippen LogP contribution in [0.15, 0.2) is 22.7 Å². The average Bonchev–Trinajstić information content (AvgIpc) is 2.55. The summed E-state index contributed by atoms with van der Waals surface area (Å²) in [5.74, 6) is 1.72. The molecule has 19 heavy (non-hydrogen) atoms. The van der Waals surface area contributed by atoms with Crippen molar-refractivity contribution in [3.63, 3.8) is 0 Å². The van der Waals surface area contributed by atoms with Gasteiger partial charge in [0.25, 0.3) is 0 Å². The highest BCUT2D eigenvalue weighted by Gasteiger charge is 2.29. The highest BCUT2D eigenvalue weighted by Crippen LogP contribution is 2.33. The zero-order valence-electron chi connectivity index (χ0n) is 11.9. The monoisotopic (exact) mass is 325 g/mol. The lowest BCUT2D eigenvalue weighted by molar-refractivity contribution is 0.361. The number of ether oxygens (including phenoxy) is 1. The van der Waals surface area contributed by atoms with Crippen LogP contribution in [0.25, 0.3) is 0 Å². The Morgan fingerprint density at radius 2 is 2.16 bits per heavy atom. The first-order chi connectivity index (χ1) is 9.02. The Morgan fingerprint density at radius 1 is 1.37 bits per heavy atom. The Balaban J connectivity index is 2.14. The molecule has 106 valence electrons.